The molecule has 0 bridgehead atoms. The van der Waals surface area contributed by atoms with Gasteiger partial charge in [-0.3, -0.25) is 9.59 Å². The second-order valence-electron chi connectivity index (χ2n) is 5.70. The number of carboxylic acid groups (broad SMARTS) is 1. The van der Waals surface area contributed by atoms with Crippen LogP contribution in [0.2, 0.25) is 0 Å². The molecule has 0 spiro atoms. The van der Waals surface area contributed by atoms with E-state index in [4.69, 9.17) is 10.8 Å². The molecule has 1 heterocycles. The molecule has 1 aromatic heterocycles. The number of nitrogens with zero attached hydrogens (tertiary/aromatic N) is 1. The lowest BCUT2D eigenvalue weighted by molar-refractivity contribution is -0.143. The Bertz CT molecular complexity index is 564. The number of nitrogens with one attached hydrogen (secondary N) is 3. The SMILES string of the molecule is CC(C)C(NC(=O)C(CS)NC(=O)C(N)Cc1cnc[nH]1)C(=O)O. The third-order valence-electron chi connectivity index (χ3n) is 3.38. The minimum atomic E-state index is -1.14. The number of aromatic nitrogens is 2. The average molecular weight is 357 g/mol. The van der Waals surface area contributed by atoms with Crippen LogP contribution in [0, 0.1) is 5.92 Å². The molecular weight excluding hydrogens is 334 g/mol. The molecule has 0 aliphatic heterocycles. The van der Waals surface area contributed by atoms with Gasteiger partial charge in [0.25, 0.3) is 0 Å². The fraction of sp³-hybridized carbons (Fsp3) is 0.571. The lowest BCUT2D eigenvalue weighted by atomic mass is 10.0. The monoisotopic (exact) mass is 357 g/mol. The van der Waals surface area contributed by atoms with Crippen molar-refractivity contribution >= 4 is 30.4 Å². The van der Waals surface area contributed by atoms with Crippen molar-refractivity contribution in [2.45, 2.75) is 38.4 Å². The van der Waals surface area contributed by atoms with Gasteiger partial charge >= 0.3 is 5.97 Å². The number of aliphatic carboxylic acids is 1. The first-order chi connectivity index (χ1) is 11.3. The number of carbonyl (C=O) groups excluding carboxylic acids is 2. The van der Waals surface area contributed by atoms with Crippen LogP contribution < -0.4 is 16.4 Å². The Balaban J connectivity index is 2.63. The van der Waals surface area contributed by atoms with Crippen LogP contribution in [0.25, 0.3) is 0 Å². The van der Waals surface area contributed by atoms with E-state index in [0.717, 1.165) is 0 Å². The number of nitrogens with two attached hydrogens (primary N) is 1. The summed E-state index contributed by atoms with van der Waals surface area (Å²) in [4.78, 5) is 42.1. The highest BCUT2D eigenvalue weighted by Gasteiger charge is 2.28. The largest absolute Gasteiger partial charge is 0.480 e. The molecule has 0 radical (unpaired) electrons. The van der Waals surface area contributed by atoms with Crippen molar-refractivity contribution in [3.8, 4) is 0 Å². The van der Waals surface area contributed by atoms with E-state index in [1.807, 2.05) is 0 Å². The van der Waals surface area contributed by atoms with Gasteiger partial charge in [-0.1, -0.05) is 13.8 Å². The van der Waals surface area contributed by atoms with E-state index < -0.39 is 35.9 Å². The maximum Gasteiger partial charge on any atom is 0.326 e. The number of imidazole rings is 1. The predicted octanol–water partition coefficient (Wildman–Crippen LogP) is -1.08. The molecule has 0 aromatic carbocycles. The Morgan fingerprint density at radius 3 is 2.46 bits per heavy atom. The van der Waals surface area contributed by atoms with Gasteiger partial charge in [0.2, 0.25) is 11.8 Å². The van der Waals surface area contributed by atoms with Crippen LogP contribution in [0.3, 0.4) is 0 Å². The third kappa shape index (κ3) is 5.85. The van der Waals surface area contributed by atoms with Gasteiger partial charge in [0.1, 0.15) is 12.1 Å². The molecule has 10 heteroatoms. The zero-order chi connectivity index (χ0) is 18.3. The Hall–Kier alpha value is -2.07. The summed E-state index contributed by atoms with van der Waals surface area (Å²) in [5.74, 6) is -2.58. The van der Waals surface area contributed by atoms with E-state index in [0.29, 0.717) is 5.69 Å². The van der Waals surface area contributed by atoms with Crippen molar-refractivity contribution in [3.63, 3.8) is 0 Å². The summed E-state index contributed by atoms with van der Waals surface area (Å²) in [6.45, 7) is 3.35. The van der Waals surface area contributed by atoms with Gasteiger partial charge in [-0.25, -0.2) is 9.78 Å². The molecule has 0 aliphatic carbocycles. The fourth-order valence-electron chi connectivity index (χ4n) is 1.97. The minimum absolute atomic E-state index is 0.0127. The molecule has 0 aliphatic rings. The number of H-pyrrole nitrogens is 1. The van der Waals surface area contributed by atoms with Crippen LogP contribution in [0.1, 0.15) is 19.5 Å². The van der Waals surface area contributed by atoms with Crippen molar-refractivity contribution in [1.29, 1.82) is 0 Å². The highest BCUT2D eigenvalue weighted by Crippen LogP contribution is 2.03. The van der Waals surface area contributed by atoms with Gasteiger partial charge in [0.15, 0.2) is 0 Å². The predicted molar refractivity (Wildman–Crippen MR) is 90.5 cm³/mol. The number of aromatic amines is 1. The molecule has 3 atom stereocenters. The summed E-state index contributed by atoms with van der Waals surface area (Å²) in [6, 6.07) is -2.90. The maximum absolute atomic E-state index is 12.2. The number of carboxylic acids is 1. The number of amides is 2. The fourth-order valence-corrected chi connectivity index (χ4v) is 2.22. The number of carbonyl (C=O) groups is 3. The van der Waals surface area contributed by atoms with Crippen LogP contribution in [0.15, 0.2) is 12.5 Å². The second-order valence-corrected chi connectivity index (χ2v) is 6.06. The normalized spacial score (nSPS) is 14.7. The van der Waals surface area contributed by atoms with E-state index in [9.17, 15) is 14.4 Å². The van der Waals surface area contributed by atoms with Crippen LogP contribution in [-0.2, 0) is 20.8 Å². The minimum Gasteiger partial charge on any atom is -0.480 e. The molecule has 3 unspecified atom stereocenters. The standard InChI is InChI=1S/C14H23N5O4S/c1-7(2)11(14(22)23)19-13(21)10(5-24)18-12(20)9(15)3-8-4-16-6-17-8/h4,6-7,9-11,24H,3,5,15H2,1-2H3,(H,16,17)(H,18,20)(H,19,21)(H,22,23). The highest BCUT2D eigenvalue weighted by atomic mass is 32.1. The van der Waals surface area contributed by atoms with Gasteiger partial charge in [0, 0.05) is 24.1 Å². The molecule has 134 valence electrons. The van der Waals surface area contributed by atoms with Gasteiger partial charge in [0.05, 0.1) is 12.4 Å². The topological polar surface area (TPSA) is 150 Å². The zero-order valence-corrected chi connectivity index (χ0v) is 14.4. The summed E-state index contributed by atoms with van der Waals surface area (Å²) >= 11 is 4.03. The summed E-state index contributed by atoms with van der Waals surface area (Å²) in [6.07, 6.45) is 3.26. The van der Waals surface area contributed by atoms with Gasteiger partial charge < -0.3 is 26.5 Å². The van der Waals surface area contributed by atoms with Crippen LogP contribution in [0.5, 0.6) is 0 Å². The van der Waals surface area contributed by atoms with Gasteiger partial charge in [-0.15, -0.1) is 0 Å². The molecule has 24 heavy (non-hydrogen) atoms. The molecule has 6 N–H and O–H groups in total. The van der Waals surface area contributed by atoms with Gasteiger partial charge in [-0.05, 0) is 5.92 Å². The number of hydrogen-bond donors (Lipinski definition) is 6. The molecule has 0 saturated heterocycles. The first kappa shape index (κ1) is 20.0. The first-order valence-corrected chi connectivity index (χ1v) is 8.06. The van der Waals surface area contributed by atoms with E-state index in [1.54, 1.807) is 20.0 Å². The Kier molecular flexibility index (Phi) is 7.72. The van der Waals surface area contributed by atoms with Crippen LogP contribution >= 0.6 is 12.6 Å². The summed E-state index contributed by atoms with van der Waals surface area (Å²) in [7, 11) is 0. The smallest absolute Gasteiger partial charge is 0.326 e. The molecular formula is C14H23N5O4S. The van der Waals surface area contributed by atoms with Crippen molar-refractivity contribution < 1.29 is 19.5 Å². The van der Waals surface area contributed by atoms with E-state index in [-0.39, 0.29) is 18.1 Å². The van der Waals surface area contributed by atoms with Crippen molar-refractivity contribution in [1.82, 2.24) is 20.6 Å². The quantitative estimate of drug-likeness (QED) is 0.309. The number of hydrogen-bond acceptors (Lipinski definition) is 6. The summed E-state index contributed by atoms with van der Waals surface area (Å²) in [5.41, 5.74) is 6.49. The molecule has 9 nitrogen and oxygen atoms in total. The lowest BCUT2D eigenvalue weighted by Crippen LogP contribution is -2.56. The van der Waals surface area contributed by atoms with E-state index >= 15 is 0 Å². The van der Waals surface area contributed by atoms with Crippen LogP contribution in [0.4, 0.5) is 0 Å². The Morgan fingerprint density at radius 1 is 1.33 bits per heavy atom. The van der Waals surface area contributed by atoms with Crippen molar-refractivity contribution in [2.24, 2.45) is 11.7 Å². The average Bonchev–Trinajstić information content (AvgIpc) is 3.01. The van der Waals surface area contributed by atoms with Crippen LogP contribution in [-0.4, -0.2) is 56.7 Å². The molecule has 0 fully saturated rings. The van der Waals surface area contributed by atoms with Crippen molar-refractivity contribution in [3.05, 3.63) is 18.2 Å². The Morgan fingerprint density at radius 2 is 2.00 bits per heavy atom. The van der Waals surface area contributed by atoms with E-state index in [1.165, 1.54) is 6.33 Å². The number of rotatable bonds is 9. The second kappa shape index (κ2) is 9.28. The Labute approximate surface area is 145 Å². The number of thiol groups is 1. The van der Waals surface area contributed by atoms with E-state index in [2.05, 4.69) is 33.2 Å². The third-order valence-corrected chi connectivity index (χ3v) is 3.74. The highest BCUT2D eigenvalue weighted by molar-refractivity contribution is 7.80. The zero-order valence-electron chi connectivity index (χ0n) is 13.5. The van der Waals surface area contributed by atoms with Gasteiger partial charge in [-0.2, -0.15) is 12.6 Å². The first-order valence-electron chi connectivity index (χ1n) is 7.43. The molecule has 0 saturated carbocycles. The molecule has 1 aromatic rings. The summed E-state index contributed by atoms with van der Waals surface area (Å²) < 4.78 is 0. The van der Waals surface area contributed by atoms with Crippen molar-refractivity contribution in [2.75, 3.05) is 5.75 Å². The lowest BCUT2D eigenvalue weighted by Gasteiger charge is -2.23. The maximum atomic E-state index is 12.2. The molecule has 1 rings (SSSR count). The molecule has 2 amide bonds. The summed E-state index contributed by atoms with van der Waals surface area (Å²) in [5, 5.41) is 14.0.